The van der Waals surface area contributed by atoms with Gasteiger partial charge in [-0.2, -0.15) is 4.91 Å². The molecule has 1 rings (SSSR count). The molecule has 0 N–H and O–H groups in total. The molecule has 0 saturated carbocycles. The van der Waals surface area contributed by atoms with Crippen molar-refractivity contribution in [2.45, 2.75) is 26.7 Å². The Morgan fingerprint density at radius 2 is 1.90 bits per heavy atom. The fraction of sp³-hybridized carbons (Fsp3) is 0.500. The van der Waals surface area contributed by atoms with Gasteiger partial charge in [0, 0.05) is 0 Å². The standard InChI is InChI=1S/C8H12S.K/c1-6-3-4-7(2)8(9)5-6;/h5,9H,3-4H2,1-2H3;/q;+1/p-1. The maximum absolute atomic E-state index is 5.09. The van der Waals surface area contributed by atoms with Crippen LogP contribution in [0.2, 0.25) is 0 Å². The number of rotatable bonds is 0. The first kappa shape index (κ1) is 11.3. The van der Waals surface area contributed by atoms with Crippen molar-refractivity contribution in [2.24, 2.45) is 0 Å². The zero-order valence-corrected chi connectivity index (χ0v) is 10.8. The van der Waals surface area contributed by atoms with Crippen molar-refractivity contribution in [3.63, 3.8) is 0 Å². The Hall–Kier alpha value is 1.34. The first-order valence-corrected chi connectivity index (χ1v) is 3.65. The maximum atomic E-state index is 5.09. The largest absolute Gasteiger partial charge is 1.00 e. The van der Waals surface area contributed by atoms with Crippen molar-refractivity contribution >= 4 is 12.6 Å². The normalized spacial score (nSPS) is 18.0. The molecule has 50 valence electrons. The first-order chi connectivity index (χ1) is 4.20. The van der Waals surface area contributed by atoms with Gasteiger partial charge in [0.25, 0.3) is 0 Å². The van der Waals surface area contributed by atoms with E-state index in [1.165, 1.54) is 24.0 Å². The molecule has 0 atom stereocenters. The minimum Gasteiger partial charge on any atom is -0.780 e. The predicted molar refractivity (Wildman–Crippen MR) is 43.1 cm³/mol. The zero-order valence-electron chi connectivity index (χ0n) is 6.90. The summed E-state index contributed by atoms with van der Waals surface area (Å²) in [7, 11) is 0. The van der Waals surface area contributed by atoms with Gasteiger partial charge in [0.2, 0.25) is 0 Å². The number of allylic oxidation sites excluding steroid dienone is 3. The van der Waals surface area contributed by atoms with E-state index in [9.17, 15) is 0 Å². The molecule has 0 aromatic carbocycles. The molecule has 0 aromatic rings. The van der Waals surface area contributed by atoms with Gasteiger partial charge in [-0.3, -0.25) is 0 Å². The van der Waals surface area contributed by atoms with Crippen molar-refractivity contribution < 1.29 is 51.4 Å². The maximum Gasteiger partial charge on any atom is 1.00 e. The summed E-state index contributed by atoms with van der Waals surface area (Å²) in [5.41, 5.74) is 2.79. The Balaban J connectivity index is 0.000000810. The molecular weight excluding hydrogens is 167 g/mol. The molecule has 0 nitrogen and oxygen atoms in total. The van der Waals surface area contributed by atoms with E-state index in [2.05, 4.69) is 19.9 Å². The van der Waals surface area contributed by atoms with E-state index >= 15 is 0 Å². The molecule has 0 bridgehead atoms. The topological polar surface area (TPSA) is 0 Å². The van der Waals surface area contributed by atoms with E-state index in [0.29, 0.717) is 0 Å². The van der Waals surface area contributed by atoms with Crippen LogP contribution in [0, 0.1) is 0 Å². The summed E-state index contributed by atoms with van der Waals surface area (Å²) >= 11 is 5.09. The van der Waals surface area contributed by atoms with Crippen molar-refractivity contribution in [3.05, 3.63) is 22.1 Å². The van der Waals surface area contributed by atoms with Crippen molar-refractivity contribution in [1.29, 1.82) is 0 Å². The Labute approximate surface area is 111 Å². The molecule has 0 saturated heterocycles. The van der Waals surface area contributed by atoms with Gasteiger partial charge in [-0.1, -0.05) is 17.2 Å². The molecule has 2 heteroatoms. The van der Waals surface area contributed by atoms with E-state index < -0.39 is 0 Å². The van der Waals surface area contributed by atoms with Crippen LogP contribution in [-0.2, 0) is 12.6 Å². The molecule has 0 spiro atoms. The van der Waals surface area contributed by atoms with Gasteiger partial charge in [0.1, 0.15) is 0 Å². The van der Waals surface area contributed by atoms with Gasteiger partial charge in [-0.25, -0.2) is 0 Å². The van der Waals surface area contributed by atoms with Crippen LogP contribution in [0.3, 0.4) is 0 Å². The Kier molecular flexibility index (Phi) is 5.74. The molecular formula is C8H11KS. The van der Waals surface area contributed by atoms with Gasteiger partial charge >= 0.3 is 51.4 Å². The van der Waals surface area contributed by atoms with Crippen molar-refractivity contribution in [3.8, 4) is 0 Å². The summed E-state index contributed by atoms with van der Waals surface area (Å²) in [6, 6.07) is 0. The van der Waals surface area contributed by atoms with E-state index in [1.54, 1.807) is 0 Å². The Morgan fingerprint density at radius 3 is 2.30 bits per heavy atom. The van der Waals surface area contributed by atoms with Crippen LogP contribution in [0.4, 0.5) is 0 Å². The smallest absolute Gasteiger partial charge is 0.780 e. The molecule has 0 fully saturated rings. The van der Waals surface area contributed by atoms with E-state index in [1.807, 2.05) is 0 Å². The van der Waals surface area contributed by atoms with Crippen molar-refractivity contribution in [1.82, 2.24) is 0 Å². The SMILES string of the molecule is CC1=CC([S-])=C(C)CC1.[K+]. The van der Waals surface area contributed by atoms with Crippen LogP contribution in [0.1, 0.15) is 26.7 Å². The van der Waals surface area contributed by atoms with E-state index in [4.69, 9.17) is 12.6 Å². The Morgan fingerprint density at radius 1 is 1.30 bits per heavy atom. The van der Waals surface area contributed by atoms with Gasteiger partial charge in [0.15, 0.2) is 0 Å². The van der Waals surface area contributed by atoms with Crippen LogP contribution < -0.4 is 51.4 Å². The summed E-state index contributed by atoms with van der Waals surface area (Å²) in [4.78, 5) is 1.05. The van der Waals surface area contributed by atoms with Gasteiger partial charge < -0.3 is 12.6 Å². The summed E-state index contributed by atoms with van der Waals surface area (Å²) in [5.74, 6) is 0. The summed E-state index contributed by atoms with van der Waals surface area (Å²) < 4.78 is 0. The minimum absolute atomic E-state index is 0. The molecule has 0 heterocycles. The molecule has 0 amide bonds. The molecule has 1 aliphatic carbocycles. The fourth-order valence-corrected chi connectivity index (χ4v) is 1.23. The van der Waals surface area contributed by atoms with Crippen LogP contribution >= 0.6 is 0 Å². The summed E-state index contributed by atoms with van der Waals surface area (Å²) in [5, 5.41) is 0. The third kappa shape index (κ3) is 3.16. The quantitative estimate of drug-likeness (QED) is 0.358. The first-order valence-electron chi connectivity index (χ1n) is 3.24. The third-order valence-corrected chi connectivity index (χ3v) is 2.16. The molecule has 1 aliphatic rings. The average Bonchev–Trinajstić information content (AvgIpc) is 1.80. The second-order valence-electron chi connectivity index (χ2n) is 2.64. The van der Waals surface area contributed by atoms with E-state index in [-0.39, 0.29) is 51.4 Å². The van der Waals surface area contributed by atoms with Crippen molar-refractivity contribution in [2.75, 3.05) is 0 Å². The second kappa shape index (κ2) is 5.07. The average molecular weight is 178 g/mol. The van der Waals surface area contributed by atoms with Gasteiger partial charge in [0.05, 0.1) is 0 Å². The molecule has 0 aliphatic heterocycles. The number of hydrogen-bond acceptors (Lipinski definition) is 1. The molecule has 0 unspecified atom stereocenters. The van der Waals surface area contributed by atoms with Crippen LogP contribution in [0.5, 0.6) is 0 Å². The van der Waals surface area contributed by atoms with Gasteiger partial charge in [-0.05, 0) is 26.7 Å². The number of hydrogen-bond donors (Lipinski definition) is 0. The van der Waals surface area contributed by atoms with E-state index in [0.717, 1.165) is 4.91 Å². The summed E-state index contributed by atoms with van der Waals surface area (Å²) in [6.45, 7) is 4.25. The monoisotopic (exact) mass is 178 g/mol. The third-order valence-electron chi connectivity index (χ3n) is 1.69. The predicted octanol–water partition coefficient (Wildman–Crippen LogP) is -0.449. The molecule has 10 heavy (non-hydrogen) atoms. The zero-order chi connectivity index (χ0) is 6.85. The Bertz CT molecular complexity index is 180. The fourth-order valence-electron chi connectivity index (χ4n) is 0.927. The van der Waals surface area contributed by atoms with Crippen LogP contribution in [0.25, 0.3) is 0 Å². The second-order valence-corrected chi connectivity index (χ2v) is 3.08. The minimum atomic E-state index is 0. The van der Waals surface area contributed by atoms with Gasteiger partial charge in [-0.15, -0.1) is 0 Å². The van der Waals surface area contributed by atoms with Crippen LogP contribution in [-0.4, -0.2) is 0 Å². The molecule has 0 radical (unpaired) electrons. The summed E-state index contributed by atoms with van der Waals surface area (Å²) in [6.07, 6.45) is 4.47. The molecule has 0 aromatic heterocycles. The van der Waals surface area contributed by atoms with Crippen LogP contribution in [0.15, 0.2) is 22.1 Å².